The lowest BCUT2D eigenvalue weighted by atomic mass is 9.99. The van der Waals surface area contributed by atoms with Gasteiger partial charge in [-0.25, -0.2) is 4.79 Å². The molecule has 0 aliphatic carbocycles. The molecule has 2 aromatic carbocycles. The lowest BCUT2D eigenvalue weighted by Gasteiger charge is -2.11. The number of hydrogen-bond donors (Lipinski definition) is 0. The fourth-order valence-corrected chi connectivity index (χ4v) is 2.38. The van der Waals surface area contributed by atoms with Crippen LogP contribution in [0.5, 0.6) is 0 Å². The van der Waals surface area contributed by atoms with Gasteiger partial charge in [-0.2, -0.15) is 0 Å². The SMILES string of the molecule is O=C1OC(c2ccc(Cl)c(Cl)c2)c2ccccc21. The Balaban J connectivity index is 2.09. The van der Waals surface area contributed by atoms with Gasteiger partial charge in [-0.15, -0.1) is 0 Å². The van der Waals surface area contributed by atoms with Crippen LogP contribution in [0, 0.1) is 0 Å². The molecule has 1 aliphatic heterocycles. The van der Waals surface area contributed by atoms with Crippen LogP contribution in [0.15, 0.2) is 42.5 Å². The second-order valence-corrected chi connectivity index (χ2v) is 4.86. The van der Waals surface area contributed by atoms with Gasteiger partial charge in [-0.1, -0.05) is 47.5 Å². The predicted octanol–water partition coefficient (Wildman–Crippen LogP) is 4.25. The van der Waals surface area contributed by atoms with Gasteiger partial charge in [-0.3, -0.25) is 0 Å². The Morgan fingerprint density at radius 2 is 1.78 bits per heavy atom. The summed E-state index contributed by atoms with van der Waals surface area (Å²) in [7, 11) is 0. The van der Waals surface area contributed by atoms with Crippen LogP contribution in [0.4, 0.5) is 0 Å². The molecule has 0 saturated heterocycles. The first-order chi connectivity index (χ1) is 8.66. The fourth-order valence-electron chi connectivity index (χ4n) is 2.07. The molecular formula is C14H8Cl2O2. The normalized spacial score (nSPS) is 17.4. The maximum Gasteiger partial charge on any atom is 0.339 e. The average Bonchev–Trinajstić information content (AvgIpc) is 2.71. The first-order valence-corrected chi connectivity index (χ1v) is 6.17. The Kier molecular flexibility index (Phi) is 2.77. The molecule has 4 heteroatoms. The molecule has 0 amide bonds. The quantitative estimate of drug-likeness (QED) is 0.729. The van der Waals surface area contributed by atoms with E-state index in [2.05, 4.69) is 0 Å². The van der Waals surface area contributed by atoms with Gasteiger partial charge in [0.15, 0.2) is 6.10 Å². The molecule has 1 unspecified atom stereocenters. The lowest BCUT2D eigenvalue weighted by Crippen LogP contribution is -2.00. The molecule has 3 rings (SSSR count). The molecule has 1 heterocycles. The van der Waals surface area contributed by atoms with Crippen molar-refractivity contribution in [2.24, 2.45) is 0 Å². The number of carbonyl (C=O) groups is 1. The number of rotatable bonds is 1. The summed E-state index contributed by atoms with van der Waals surface area (Å²) in [4.78, 5) is 11.7. The van der Waals surface area contributed by atoms with Crippen LogP contribution in [0.1, 0.15) is 27.6 Å². The summed E-state index contributed by atoms with van der Waals surface area (Å²) in [6, 6.07) is 12.6. The number of cyclic esters (lactones) is 1. The molecule has 0 saturated carbocycles. The maximum atomic E-state index is 11.7. The topological polar surface area (TPSA) is 26.3 Å². The summed E-state index contributed by atoms with van der Waals surface area (Å²) >= 11 is 11.9. The van der Waals surface area contributed by atoms with E-state index in [0.29, 0.717) is 15.6 Å². The molecule has 2 aromatic rings. The van der Waals surface area contributed by atoms with E-state index in [0.717, 1.165) is 11.1 Å². The van der Waals surface area contributed by atoms with Gasteiger partial charge in [0.1, 0.15) is 0 Å². The molecule has 1 atom stereocenters. The average molecular weight is 279 g/mol. The molecule has 2 nitrogen and oxygen atoms in total. The molecule has 18 heavy (non-hydrogen) atoms. The Morgan fingerprint density at radius 3 is 2.56 bits per heavy atom. The van der Waals surface area contributed by atoms with Gasteiger partial charge in [0.05, 0.1) is 15.6 Å². The van der Waals surface area contributed by atoms with E-state index < -0.39 is 6.10 Å². The van der Waals surface area contributed by atoms with E-state index in [1.807, 2.05) is 24.3 Å². The molecule has 0 fully saturated rings. The standard InChI is InChI=1S/C14H8Cl2O2/c15-11-6-5-8(7-12(11)16)13-9-3-1-2-4-10(9)14(17)18-13/h1-7,13H. The Bertz CT molecular complexity index is 637. The fraction of sp³-hybridized carbons (Fsp3) is 0.0714. The first kappa shape index (κ1) is 11.6. The largest absolute Gasteiger partial charge is 0.449 e. The number of benzene rings is 2. The molecule has 0 radical (unpaired) electrons. The van der Waals surface area contributed by atoms with Crippen LogP contribution in [-0.2, 0) is 4.74 Å². The second-order valence-electron chi connectivity index (χ2n) is 4.05. The zero-order valence-corrected chi connectivity index (χ0v) is 10.7. The third kappa shape index (κ3) is 1.78. The molecule has 0 spiro atoms. The Labute approximate surface area is 114 Å². The highest BCUT2D eigenvalue weighted by molar-refractivity contribution is 6.42. The summed E-state index contributed by atoms with van der Waals surface area (Å²) in [5.41, 5.74) is 2.29. The van der Waals surface area contributed by atoms with Crippen LogP contribution in [0.3, 0.4) is 0 Å². The Hall–Kier alpha value is -1.51. The highest BCUT2D eigenvalue weighted by Crippen LogP contribution is 2.37. The first-order valence-electron chi connectivity index (χ1n) is 5.41. The number of fused-ring (bicyclic) bond motifs is 1. The number of halogens is 2. The summed E-state index contributed by atoms with van der Waals surface area (Å²) < 4.78 is 5.37. The number of ether oxygens (including phenoxy) is 1. The van der Waals surface area contributed by atoms with Gasteiger partial charge < -0.3 is 4.74 Å². The third-order valence-electron chi connectivity index (χ3n) is 2.93. The predicted molar refractivity (Wildman–Crippen MR) is 70.2 cm³/mol. The van der Waals surface area contributed by atoms with Crippen molar-refractivity contribution in [3.63, 3.8) is 0 Å². The minimum atomic E-state index is -0.400. The molecule has 0 aromatic heterocycles. The van der Waals surface area contributed by atoms with Gasteiger partial charge in [0.2, 0.25) is 0 Å². The van der Waals surface area contributed by atoms with E-state index in [-0.39, 0.29) is 5.97 Å². The van der Waals surface area contributed by atoms with E-state index >= 15 is 0 Å². The van der Waals surface area contributed by atoms with Crippen molar-refractivity contribution in [2.45, 2.75) is 6.10 Å². The monoisotopic (exact) mass is 278 g/mol. The number of carbonyl (C=O) groups excluding carboxylic acids is 1. The van der Waals surface area contributed by atoms with Crippen molar-refractivity contribution in [3.05, 3.63) is 69.2 Å². The van der Waals surface area contributed by atoms with E-state index in [1.54, 1.807) is 18.2 Å². The highest BCUT2D eigenvalue weighted by atomic mass is 35.5. The van der Waals surface area contributed by atoms with Gasteiger partial charge in [-0.05, 0) is 23.8 Å². The van der Waals surface area contributed by atoms with Crippen LogP contribution in [0.25, 0.3) is 0 Å². The summed E-state index contributed by atoms with van der Waals surface area (Å²) in [6.45, 7) is 0. The molecule has 0 bridgehead atoms. The van der Waals surface area contributed by atoms with Gasteiger partial charge >= 0.3 is 5.97 Å². The van der Waals surface area contributed by atoms with Crippen LogP contribution >= 0.6 is 23.2 Å². The minimum Gasteiger partial charge on any atom is -0.449 e. The summed E-state index contributed by atoms with van der Waals surface area (Å²) in [6.07, 6.45) is -0.400. The number of hydrogen-bond acceptors (Lipinski definition) is 2. The van der Waals surface area contributed by atoms with Crippen molar-refractivity contribution >= 4 is 29.2 Å². The summed E-state index contributed by atoms with van der Waals surface area (Å²) in [5.74, 6) is -0.304. The zero-order chi connectivity index (χ0) is 12.7. The molecule has 1 aliphatic rings. The molecular weight excluding hydrogens is 271 g/mol. The number of esters is 1. The second kappa shape index (κ2) is 4.30. The maximum absolute atomic E-state index is 11.7. The van der Waals surface area contributed by atoms with Crippen molar-refractivity contribution in [3.8, 4) is 0 Å². The van der Waals surface area contributed by atoms with Gasteiger partial charge in [0.25, 0.3) is 0 Å². The van der Waals surface area contributed by atoms with Gasteiger partial charge in [0, 0.05) is 5.56 Å². The van der Waals surface area contributed by atoms with Crippen molar-refractivity contribution in [1.82, 2.24) is 0 Å². The van der Waals surface area contributed by atoms with E-state index in [4.69, 9.17) is 27.9 Å². The smallest absolute Gasteiger partial charge is 0.339 e. The van der Waals surface area contributed by atoms with Crippen LogP contribution in [-0.4, -0.2) is 5.97 Å². The van der Waals surface area contributed by atoms with Crippen molar-refractivity contribution in [1.29, 1.82) is 0 Å². The molecule has 90 valence electrons. The molecule has 0 N–H and O–H groups in total. The third-order valence-corrected chi connectivity index (χ3v) is 3.67. The highest BCUT2D eigenvalue weighted by Gasteiger charge is 2.31. The van der Waals surface area contributed by atoms with Crippen molar-refractivity contribution < 1.29 is 9.53 Å². The van der Waals surface area contributed by atoms with Crippen LogP contribution in [0.2, 0.25) is 10.0 Å². The van der Waals surface area contributed by atoms with E-state index in [9.17, 15) is 4.79 Å². The van der Waals surface area contributed by atoms with Crippen molar-refractivity contribution in [2.75, 3.05) is 0 Å². The lowest BCUT2D eigenvalue weighted by molar-refractivity contribution is 0.0456. The minimum absolute atomic E-state index is 0.304. The zero-order valence-electron chi connectivity index (χ0n) is 9.19. The van der Waals surface area contributed by atoms with Crippen LogP contribution < -0.4 is 0 Å². The van der Waals surface area contributed by atoms with E-state index in [1.165, 1.54) is 0 Å². The summed E-state index contributed by atoms with van der Waals surface area (Å²) in [5, 5.41) is 0.938. The Morgan fingerprint density at radius 1 is 1.00 bits per heavy atom.